The van der Waals surface area contributed by atoms with Gasteiger partial charge in [-0.1, -0.05) is 31.2 Å². The fourth-order valence-electron chi connectivity index (χ4n) is 3.07. The highest BCUT2D eigenvalue weighted by atomic mass is 16.8. The Hall–Kier alpha value is -2.11. The van der Waals surface area contributed by atoms with E-state index >= 15 is 0 Å². The molecule has 0 amide bonds. The number of carbonyl (C=O) groups excluding carboxylic acids is 1. The predicted molar refractivity (Wildman–Crippen MR) is 108 cm³/mol. The van der Waals surface area contributed by atoms with Crippen molar-refractivity contribution in [2.75, 3.05) is 6.61 Å². The summed E-state index contributed by atoms with van der Waals surface area (Å²) in [5.74, 6) is 0.993. The number of hydrogen-bond acceptors (Lipinski definition) is 5. The summed E-state index contributed by atoms with van der Waals surface area (Å²) in [6, 6.07) is 11.4. The van der Waals surface area contributed by atoms with Gasteiger partial charge in [-0.2, -0.15) is 0 Å². The molecule has 2 unspecified atom stereocenters. The molecule has 2 aromatic carbocycles. The van der Waals surface area contributed by atoms with E-state index in [0.29, 0.717) is 17.9 Å². The number of benzene rings is 2. The van der Waals surface area contributed by atoms with Gasteiger partial charge in [-0.25, -0.2) is 0 Å². The maximum Gasteiger partial charge on any atom is 0.316 e. The van der Waals surface area contributed by atoms with Gasteiger partial charge in [-0.05, 0) is 58.6 Å². The van der Waals surface area contributed by atoms with Crippen molar-refractivity contribution in [3.8, 4) is 11.5 Å². The number of hydrogen-bond donors (Lipinski definition) is 0. The van der Waals surface area contributed by atoms with E-state index in [0.717, 1.165) is 36.6 Å². The lowest BCUT2D eigenvalue weighted by Gasteiger charge is -2.26. The van der Waals surface area contributed by atoms with Gasteiger partial charge in [0.1, 0.15) is 11.5 Å². The van der Waals surface area contributed by atoms with Gasteiger partial charge < -0.3 is 18.9 Å². The third-order valence-corrected chi connectivity index (χ3v) is 5.26. The normalized spacial score (nSPS) is 18.6. The average Bonchev–Trinajstić information content (AvgIpc) is 2.69. The van der Waals surface area contributed by atoms with E-state index in [1.54, 1.807) is 0 Å². The molecule has 0 spiro atoms. The van der Waals surface area contributed by atoms with E-state index in [4.69, 9.17) is 18.9 Å². The fourth-order valence-corrected chi connectivity index (χ4v) is 3.07. The molecule has 28 heavy (non-hydrogen) atoms. The maximum absolute atomic E-state index is 12.5. The molecule has 0 bridgehead atoms. The molecule has 1 aliphatic rings. The Morgan fingerprint density at radius 1 is 1.14 bits per heavy atom. The maximum atomic E-state index is 12.5. The molecular formula is C23H30O5. The van der Waals surface area contributed by atoms with Gasteiger partial charge in [0.15, 0.2) is 12.6 Å². The Morgan fingerprint density at radius 2 is 1.82 bits per heavy atom. The first-order valence-electron chi connectivity index (χ1n) is 10.1. The summed E-state index contributed by atoms with van der Waals surface area (Å²) in [5.41, 5.74) is -0.529. The summed E-state index contributed by atoms with van der Waals surface area (Å²) in [6.07, 6.45) is 3.12. The van der Waals surface area contributed by atoms with E-state index in [2.05, 4.69) is 0 Å². The van der Waals surface area contributed by atoms with Crippen molar-refractivity contribution >= 4 is 16.7 Å². The van der Waals surface area contributed by atoms with Gasteiger partial charge in [-0.15, -0.1) is 0 Å². The second-order valence-corrected chi connectivity index (χ2v) is 7.85. The number of fused-ring (bicyclic) bond motifs is 1. The lowest BCUT2D eigenvalue weighted by atomic mass is 9.90. The quantitative estimate of drug-likeness (QED) is 0.360. The zero-order chi connectivity index (χ0) is 20.1. The summed E-state index contributed by atoms with van der Waals surface area (Å²) in [7, 11) is 0. The van der Waals surface area contributed by atoms with Crippen LogP contribution in [0.4, 0.5) is 0 Å². The van der Waals surface area contributed by atoms with Crippen LogP contribution in [0, 0.1) is 5.41 Å². The molecule has 1 aliphatic heterocycles. The summed E-state index contributed by atoms with van der Waals surface area (Å²) in [5, 5.41) is 1.71. The summed E-state index contributed by atoms with van der Waals surface area (Å²) in [6.45, 7) is 8.36. The molecule has 0 aromatic heterocycles. The summed E-state index contributed by atoms with van der Waals surface area (Å²) in [4.78, 5) is 12.5. The number of carbonyl (C=O) groups is 1. The Labute approximate surface area is 166 Å². The van der Waals surface area contributed by atoms with Crippen LogP contribution in [-0.4, -0.2) is 25.2 Å². The van der Waals surface area contributed by atoms with E-state index < -0.39 is 11.7 Å². The molecule has 5 nitrogen and oxygen atoms in total. The van der Waals surface area contributed by atoms with Gasteiger partial charge in [-0.3, -0.25) is 4.79 Å². The third kappa shape index (κ3) is 4.83. The SMILES string of the molecule is CCC(C)(C)C(=O)Oc1cccc2c(OC(C)OC3CCCCO3)cccc12. The average molecular weight is 386 g/mol. The first kappa shape index (κ1) is 20.6. The Bertz CT molecular complexity index is 808. The van der Waals surface area contributed by atoms with Crippen molar-refractivity contribution < 1.29 is 23.7 Å². The molecule has 1 saturated heterocycles. The highest BCUT2D eigenvalue weighted by Crippen LogP contribution is 2.34. The molecule has 0 aliphatic carbocycles. The highest BCUT2D eigenvalue weighted by Gasteiger charge is 2.28. The Kier molecular flexibility index (Phi) is 6.57. The second kappa shape index (κ2) is 8.93. The van der Waals surface area contributed by atoms with Gasteiger partial charge >= 0.3 is 5.97 Å². The molecule has 152 valence electrons. The minimum Gasteiger partial charge on any atom is -0.465 e. The summed E-state index contributed by atoms with van der Waals surface area (Å²) >= 11 is 0. The van der Waals surface area contributed by atoms with Crippen LogP contribution in [0.25, 0.3) is 10.8 Å². The van der Waals surface area contributed by atoms with Crippen molar-refractivity contribution in [2.24, 2.45) is 5.41 Å². The molecule has 5 heteroatoms. The molecule has 1 fully saturated rings. The van der Waals surface area contributed by atoms with Crippen molar-refractivity contribution in [2.45, 2.75) is 66.0 Å². The van der Waals surface area contributed by atoms with Gasteiger partial charge in [0.25, 0.3) is 0 Å². The van der Waals surface area contributed by atoms with E-state index in [1.807, 2.05) is 64.1 Å². The first-order valence-corrected chi connectivity index (χ1v) is 10.1. The van der Waals surface area contributed by atoms with Crippen LogP contribution in [-0.2, 0) is 14.3 Å². The second-order valence-electron chi connectivity index (χ2n) is 7.85. The zero-order valence-corrected chi connectivity index (χ0v) is 17.2. The van der Waals surface area contributed by atoms with Gasteiger partial charge in [0.2, 0.25) is 0 Å². The zero-order valence-electron chi connectivity index (χ0n) is 17.2. The van der Waals surface area contributed by atoms with Crippen molar-refractivity contribution in [3.05, 3.63) is 36.4 Å². The molecule has 3 rings (SSSR count). The monoisotopic (exact) mass is 386 g/mol. The largest absolute Gasteiger partial charge is 0.465 e. The molecule has 2 atom stereocenters. The Morgan fingerprint density at radius 3 is 2.46 bits per heavy atom. The minimum atomic E-state index is -0.529. The van der Waals surface area contributed by atoms with Crippen molar-refractivity contribution in [1.82, 2.24) is 0 Å². The lowest BCUT2D eigenvalue weighted by molar-refractivity contribution is -0.225. The summed E-state index contributed by atoms with van der Waals surface area (Å²) < 4.78 is 23.2. The molecule has 2 aromatic rings. The van der Waals surface area contributed by atoms with Crippen LogP contribution < -0.4 is 9.47 Å². The van der Waals surface area contributed by atoms with Crippen molar-refractivity contribution in [3.63, 3.8) is 0 Å². The predicted octanol–water partition coefficient (Wildman–Crippen LogP) is 5.45. The van der Waals surface area contributed by atoms with Crippen LogP contribution in [0.1, 0.15) is 53.4 Å². The van der Waals surface area contributed by atoms with E-state index in [1.165, 1.54) is 0 Å². The number of rotatable bonds is 7. The highest BCUT2D eigenvalue weighted by molar-refractivity contribution is 5.95. The molecule has 1 heterocycles. The van der Waals surface area contributed by atoms with Crippen LogP contribution in [0.15, 0.2) is 36.4 Å². The minimum absolute atomic E-state index is 0.216. The van der Waals surface area contributed by atoms with E-state index in [-0.39, 0.29) is 12.3 Å². The van der Waals surface area contributed by atoms with Crippen molar-refractivity contribution in [1.29, 1.82) is 0 Å². The first-order chi connectivity index (χ1) is 13.4. The third-order valence-electron chi connectivity index (χ3n) is 5.26. The molecule has 0 radical (unpaired) electrons. The van der Waals surface area contributed by atoms with Crippen LogP contribution in [0.3, 0.4) is 0 Å². The number of ether oxygens (including phenoxy) is 4. The van der Waals surface area contributed by atoms with Crippen LogP contribution in [0.5, 0.6) is 11.5 Å². The molecule has 0 saturated carbocycles. The Balaban J connectivity index is 1.78. The molecule has 0 N–H and O–H groups in total. The van der Waals surface area contributed by atoms with Crippen LogP contribution in [0.2, 0.25) is 0 Å². The van der Waals surface area contributed by atoms with Crippen LogP contribution >= 0.6 is 0 Å². The topological polar surface area (TPSA) is 54.0 Å². The standard InChI is InChI=1S/C23H30O5/c1-5-23(3,4)22(24)28-20-13-9-10-17-18(20)11-8-12-19(17)26-16(2)27-21-14-6-7-15-25-21/h8-13,16,21H,5-7,14-15H2,1-4H3. The smallest absolute Gasteiger partial charge is 0.316 e. The fraction of sp³-hybridized carbons (Fsp3) is 0.522. The lowest BCUT2D eigenvalue weighted by Crippen LogP contribution is -2.29. The van der Waals surface area contributed by atoms with Gasteiger partial charge in [0.05, 0.1) is 5.41 Å². The number of esters is 1. The van der Waals surface area contributed by atoms with E-state index in [9.17, 15) is 4.79 Å². The van der Waals surface area contributed by atoms with Gasteiger partial charge in [0, 0.05) is 17.4 Å². The molecular weight excluding hydrogens is 356 g/mol.